The fraction of sp³-hybridized carbons (Fsp3) is 0.417. The molecule has 2 aromatic rings. The lowest BCUT2D eigenvalue weighted by Crippen LogP contribution is -2.63. The second-order valence-electron chi connectivity index (χ2n) is 8.05. The molecule has 1 fully saturated rings. The molecule has 1 aliphatic heterocycles. The molecule has 6 nitrogen and oxygen atoms in total. The lowest BCUT2D eigenvalue weighted by molar-refractivity contribution is -0.357. The summed E-state index contributed by atoms with van der Waals surface area (Å²) in [6.07, 6.45) is -0.241. The van der Waals surface area contributed by atoms with Crippen molar-refractivity contribution in [2.24, 2.45) is 0 Å². The molecule has 0 bridgehead atoms. The molecule has 0 unspecified atom stereocenters. The fourth-order valence-electron chi connectivity index (χ4n) is 3.88. The standard InChI is InChI=1S/C24H28O6/c1-4-15-5-7-16(8-6-15)11-17-12-18(9-10-19(17)14(2)3)24(29)23(28)22(27)21(26)20(13-25)30-24/h1,5-10,12,14,20-23,25-29H,11,13H2,2-3H3/t20-,21-,22+,23-,24+/m1/s1. The van der Waals surface area contributed by atoms with Crippen molar-refractivity contribution >= 4 is 0 Å². The molecule has 0 radical (unpaired) electrons. The predicted molar refractivity (Wildman–Crippen MR) is 112 cm³/mol. The average molecular weight is 412 g/mol. The Bertz CT molecular complexity index is 914. The van der Waals surface area contributed by atoms with Gasteiger partial charge in [0, 0.05) is 11.1 Å². The Hall–Kier alpha value is -2.24. The van der Waals surface area contributed by atoms with Gasteiger partial charge in [0.15, 0.2) is 0 Å². The number of rotatable bonds is 5. The van der Waals surface area contributed by atoms with Crippen molar-refractivity contribution in [2.75, 3.05) is 6.61 Å². The zero-order valence-corrected chi connectivity index (χ0v) is 17.1. The van der Waals surface area contributed by atoms with Gasteiger partial charge in [-0.05, 0) is 47.2 Å². The Morgan fingerprint density at radius 1 is 1.07 bits per heavy atom. The number of hydrogen-bond acceptors (Lipinski definition) is 6. The van der Waals surface area contributed by atoms with E-state index < -0.39 is 36.8 Å². The smallest absolute Gasteiger partial charge is 0.222 e. The van der Waals surface area contributed by atoms with Crippen molar-refractivity contribution in [1.29, 1.82) is 0 Å². The summed E-state index contributed by atoms with van der Waals surface area (Å²) < 4.78 is 5.46. The monoisotopic (exact) mass is 412 g/mol. The number of aliphatic hydroxyl groups excluding tert-OH is 4. The Morgan fingerprint density at radius 2 is 1.73 bits per heavy atom. The van der Waals surface area contributed by atoms with E-state index in [1.807, 2.05) is 30.3 Å². The van der Waals surface area contributed by atoms with Gasteiger partial charge in [0.05, 0.1) is 6.61 Å². The van der Waals surface area contributed by atoms with Crippen LogP contribution in [-0.2, 0) is 16.9 Å². The summed E-state index contributed by atoms with van der Waals surface area (Å²) in [5.41, 5.74) is 4.02. The van der Waals surface area contributed by atoms with Crippen LogP contribution in [0.1, 0.15) is 47.6 Å². The molecule has 5 atom stereocenters. The first kappa shape index (κ1) is 22.4. The van der Waals surface area contributed by atoms with E-state index in [-0.39, 0.29) is 11.5 Å². The van der Waals surface area contributed by atoms with Crippen LogP contribution in [0.25, 0.3) is 0 Å². The van der Waals surface area contributed by atoms with Gasteiger partial charge < -0.3 is 30.3 Å². The topological polar surface area (TPSA) is 110 Å². The Morgan fingerprint density at radius 3 is 2.30 bits per heavy atom. The van der Waals surface area contributed by atoms with E-state index >= 15 is 0 Å². The first-order valence-electron chi connectivity index (χ1n) is 9.95. The van der Waals surface area contributed by atoms with Crippen LogP contribution in [0.5, 0.6) is 0 Å². The second-order valence-corrected chi connectivity index (χ2v) is 8.05. The highest BCUT2D eigenvalue weighted by Gasteiger charge is 2.53. The number of aliphatic hydroxyl groups is 5. The quantitative estimate of drug-likeness (QED) is 0.469. The van der Waals surface area contributed by atoms with Gasteiger partial charge >= 0.3 is 0 Å². The van der Waals surface area contributed by atoms with Crippen molar-refractivity contribution in [1.82, 2.24) is 0 Å². The van der Waals surface area contributed by atoms with E-state index in [1.54, 1.807) is 12.1 Å². The Balaban J connectivity index is 2.01. The summed E-state index contributed by atoms with van der Waals surface area (Å²) in [5.74, 6) is 0.522. The van der Waals surface area contributed by atoms with Crippen LogP contribution in [-0.4, -0.2) is 56.6 Å². The SMILES string of the molecule is C#Cc1ccc(Cc2cc([C@]3(O)O[C@H](CO)[C@@H](O)[C@H](O)[C@H]3O)ccc2C(C)C)cc1. The molecule has 0 aliphatic carbocycles. The summed E-state index contributed by atoms with van der Waals surface area (Å²) >= 11 is 0. The number of hydrogen-bond donors (Lipinski definition) is 5. The zero-order chi connectivity index (χ0) is 22.1. The van der Waals surface area contributed by atoms with E-state index in [9.17, 15) is 25.5 Å². The Kier molecular flexibility index (Phi) is 6.63. The molecule has 3 rings (SSSR count). The van der Waals surface area contributed by atoms with Crippen LogP contribution >= 0.6 is 0 Å². The van der Waals surface area contributed by atoms with Crippen LogP contribution in [0.4, 0.5) is 0 Å². The van der Waals surface area contributed by atoms with Gasteiger partial charge in [-0.3, -0.25) is 0 Å². The van der Waals surface area contributed by atoms with Gasteiger partial charge in [-0.25, -0.2) is 0 Å². The number of benzene rings is 2. The molecule has 1 aliphatic rings. The zero-order valence-electron chi connectivity index (χ0n) is 17.1. The van der Waals surface area contributed by atoms with Gasteiger partial charge in [0.1, 0.15) is 24.4 Å². The van der Waals surface area contributed by atoms with E-state index in [4.69, 9.17) is 11.2 Å². The van der Waals surface area contributed by atoms with Crippen molar-refractivity contribution in [3.05, 3.63) is 70.3 Å². The van der Waals surface area contributed by atoms with Crippen molar-refractivity contribution in [3.63, 3.8) is 0 Å². The maximum atomic E-state index is 11.1. The first-order chi connectivity index (χ1) is 14.2. The fourth-order valence-corrected chi connectivity index (χ4v) is 3.88. The third kappa shape index (κ3) is 4.14. The Labute approximate surface area is 176 Å². The largest absolute Gasteiger partial charge is 0.394 e. The van der Waals surface area contributed by atoms with Gasteiger partial charge in [-0.1, -0.05) is 44.0 Å². The lowest BCUT2D eigenvalue weighted by atomic mass is 9.84. The molecule has 0 amide bonds. The second kappa shape index (κ2) is 8.86. The average Bonchev–Trinajstić information content (AvgIpc) is 2.75. The molecule has 2 aromatic carbocycles. The molecule has 0 spiro atoms. The third-order valence-electron chi connectivity index (χ3n) is 5.66. The first-order valence-corrected chi connectivity index (χ1v) is 9.95. The van der Waals surface area contributed by atoms with Crippen molar-refractivity contribution in [3.8, 4) is 12.3 Å². The van der Waals surface area contributed by atoms with E-state index in [1.165, 1.54) is 0 Å². The molecule has 30 heavy (non-hydrogen) atoms. The van der Waals surface area contributed by atoms with Crippen LogP contribution in [0.15, 0.2) is 42.5 Å². The van der Waals surface area contributed by atoms with Gasteiger partial charge in [-0.15, -0.1) is 6.42 Å². The minimum Gasteiger partial charge on any atom is -0.394 e. The highest BCUT2D eigenvalue weighted by atomic mass is 16.7. The minimum absolute atomic E-state index is 0.212. The summed E-state index contributed by atoms with van der Waals surface area (Å²) in [4.78, 5) is 0. The highest BCUT2D eigenvalue weighted by Crippen LogP contribution is 2.38. The van der Waals surface area contributed by atoms with Crippen LogP contribution in [0.2, 0.25) is 0 Å². The third-order valence-corrected chi connectivity index (χ3v) is 5.66. The summed E-state index contributed by atoms with van der Waals surface area (Å²) in [7, 11) is 0. The molecule has 0 aromatic heterocycles. The van der Waals surface area contributed by atoms with Gasteiger partial charge in [0.25, 0.3) is 0 Å². The van der Waals surface area contributed by atoms with E-state index in [0.29, 0.717) is 6.42 Å². The number of terminal acetylenes is 1. The molecular formula is C24H28O6. The molecule has 160 valence electrons. The van der Waals surface area contributed by atoms with Gasteiger partial charge in [0.2, 0.25) is 5.79 Å². The molecule has 5 N–H and O–H groups in total. The molecule has 0 saturated carbocycles. The molecule has 1 saturated heterocycles. The maximum absolute atomic E-state index is 11.1. The molecule has 6 heteroatoms. The predicted octanol–water partition coefficient (Wildman–Crippen LogP) is 1.00. The van der Waals surface area contributed by atoms with E-state index in [2.05, 4.69) is 19.8 Å². The van der Waals surface area contributed by atoms with Crippen molar-refractivity contribution in [2.45, 2.75) is 56.4 Å². The summed E-state index contributed by atoms with van der Waals surface area (Å²) in [5, 5.41) is 51.2. The highest BCUT2D eigenvalue weighted by molar-refractivity contribution is 5.41. The number of ether oxygens (including phenoxy) is 1. The van der Waals surface area contributed by atoms with Crippen LogP contribution in [0, 0.1) is 12.3 Å². The molecular weight excluding hydrogens is 384 g/mol. The van der Waals surface area contributed by atoms with Crippen LogP contribution < -0.4 is 0 Å². The van der Waals surface area contributed by atoms with Crippen molar-refractivity contribution < 1.29 is 30.3 Å². The summed E-state index contributed by atoms with van der Waals surface area (Å²) in [6, 6.07) is 12.8. The van der Waals surface area contributed by atoms with E-state index in [0.717, 1.165) is 22.3 Å². The normalized spacial score (nSPS) is 29.0. The minimum atomic E-state index is -2.27. The maximum Gasteiger partial charge on any atom is 0.222 e. The lowest BCUT2D eigenvalue weighted by Gasteiger charge is -2.45. The van der Waals surface area contributed by atoms with Crippen LogP contribution in [0.3, 0.4) is 0 Å². The molecule has 1 heterocycles. The summed E-state index contributed by atoms with van der Waals surface area (Å²) in [6.45, 7) is 3.50. The van der Waals surface area contributed by atoms with Gasteiger partial charge in [-0.2, -0.15) is 0 Å².